The number of nitrogens with zero attached hydrogens (tertiary/aromatic N) is 3. The highest BCUT2D eigenvalue weighted by molar-refractivity contribution is 6.31. The summed E-state index contributed by atoms with van der Waals surface area (Å²) in [6.45, 7) is 11.8. The topological polar surface area (TPSA) is 33.1 Å². The third-order valence-corrected chi connectivity index (χ3v) is 5.69. The molecule has 1 aliphatic heterocycles. The fourth-order valence-corrected chi connectivity index (χ4v) is 3.97. The minimum atomic E-state index is 0.275. The highest BCUT2D eigenvalue weighted by Crippen LogP contribution is 2.44. The molecule has 0 spiro atoms. The zero-order valence-electron chi connectivity index (χ0n) is 13.5. The second-order valence-electron chi connectivity index (χ2n) is 6.61. The van der Waals surface area contributed by atoms with Crippen LogP contribution in [-0.2, 0) is 19.5 Å². The number of rotatable bonds is 5. The van der Waals surface area contributed by atoms with Gasteiger partial charge in [0.1, 0.15) is 0 Å². The Morgan fingerprint density at radius 2 is 2.14 bits per heavy atom. The summed E-state index contributed by atoms with van der Waals surface area (Å²) in [5, 5.41) is 9.12. The Balaban J connectivity index is 1.86. The van der Waals surface area contributed by atoms with E-state index in [9.17, 15) is 0 Å². The van der Waals surface area contributed by atoms with Gasteiger partial charge >= 0.3 is 0 Å². The number of halogens is 1. The molecule has 3 rings (SSSR count). The Labute approximate surface area is 132 Å². The van der Waals surface area contributed by atoms with E-state index in [4.69, 9.17) is 11.6 Å². The molecule has 0 aromatic carbocycles. The van der Waals surface area contributed by atoms with Crippen LogP contribution in [-0.4, -0.2) is 39.9 Å². The zero-order valence-corrected chi connectivity index (χ0v) is 14.2. The summed E-state index contributed by atoms with van der Waals surface area (Å²) in [6, 6.07) is 0. The van der Waals surface area contributed by atoms with Gasteiger partial charge in [0.25, 0.3) is 0 Å². The van der Waals surface area contributed by atoms with Crippen molar-refractivity contribution in [3.05, 3.63) is 16.4 Å². The van der Waals surface area contributed by atoms with Crippen molar-refractivity contribution in [2.45, 2.75) is 58.7 Å². The second kappa shape index (κ2) is 5.90. The lowest BCUT2D eigenvalue weighted by Gasteiger charge is -2.46. The van der Waals surface area contributed by atoms with Crippen molar-refractivity contribution in [3.63, 3.8) is 0 Å². The molecule has 0 bridgehead atoms. The van der Waals surface area contributed by atoms with E-state index in [0.717, 1.165) is 55.8 Å². The predicted octanol–water partition coefficient (Wildman–Crippen LogP) is 2.69. The first kappa shape index (κ1) is 15.3. The summed E-state index contributed by atoms with van der Waals surface area (Å²) in [7, 11) is 0. The molecular weight excluding hydrogens is 284 g/mol. The lowest BCUT2D eigenvalue weighted by molar-refractivity contribution is 0.0461. The third kappa shape index (κ3) is 2.73. The molecule has 118 valence electrons. The lowest BCUT2D eigenvalue weighted by Crippen LogP contribution is -2.60. The Bertz CT molecular complexity index is 509. The van der Waals surface area contributed by atoms with E-state index in [-0.39, 0.29) is 5.54 Å². The van der Waals surface area contributed by atoms with Gasteiger partial charge in [0.2, 0.25) is 0 Å². The summed E-state index contributed by atoms with van der Waals surface area (Å²) in [4.78, 5) is 2.63. The third-order valence-electron chi connectivity index (χ3n) is 5.26. The molecule has 21 heavy (non-hydrogen) atoms. The van der Waals surface area contributed by atoms with E-state index in [2.05, 4.69) is 40.8 Å². The van der Waals surface area contributed by atoms with E-state index in [1.54, 1.807) is 0 Å². The molecule has 2 heterocycles. The number of piperazine rings is 1. The van der Waals surface area contributed by atoms with Crippen LogP contribution in [0.1, 0.15) is 45.0 Å². The second-order valence-corrected chi connectivity index (χ2v) is 6.98. The molecule has 1 N–H and O–H groups in total. The molecule has 1 atom stereocenters. The first-order valence-corrected chi connectivity index (χ1v) is 8.67. The Morgan fingerprint density at radius 3 is 2.76 bits per heavy atom. The van der Waals surface area contributed by atoms with Gasteiger partial charge in [0.05, 0.1) is 16.4 Å². The average molecular weight is 311 g/mol. The molecular formula is C16H27ClN4. The first-order valence-electron chi connectivity index (χ1n) is 8.30. The molecule has 4 nitrogen and oxygen atoms in total. The fraction of sp³-hybridized carbons (Fsp3) is 0.812. The molecule has 0 radical (unpaired) electrons. The molecule has 2 aliphatic rings. The van der Waals surface area contributed by atoms with Crippen LogP contribution in [0, 0.1) is 5.92 Å². The summed E-state index contributed by atoms with van der Waals surface area (Å²) in [6.07, 6.45) is 3.64. The van der Waals surface area contributed by atoms with Crippen LogP contribution in [0.15, 0.2) is 0 Å². The smallest absolute Gasteiger partial charge is 0.0863 e. The maximum atomic E-state index is 6.59. The lowest BCUT2D eigenvalue weighted by atomic mass is 9.91. The molecule has 1 saturated carbocycles. The van der Waals surface area contributed by atoms with Crippen LogP contribution in [0.3, 0.4) is 0 Å². The van der Waals surface area contributed by atoms with E-state index in [0.29, 0.717) is 0 Å². The number of aryl methyl sites for hydroxylation is 2. The number of aromatic nitrogens is 2. The number of hydrogen-bond acceptors (Lipinski definition) is 3. The quantitative estimate of drug-likeness (QED) is 0.908. The summed E-state index contributed by atoms with van der Waals surface area (Å²) >= 11 is 6.59. The van der Waals surface area contributed by atoms with E-state index in [1.807, 2.05) is 0 Å². The zero-order chi connectivity index (χ0) is 15.0. The van der Waals surface area contributed by atoms with Gasteiger partial charge in [-0.15, -0.1) is 0 Å². The monoisotopic (exact) mass is 310 g/mol. The van der Waals surface area contributed by atoms with E-state index < -0.39 is 0 Å². The largest absolute Gasteiger partial charge is 0.314 e. The molecule has 0 amide bonds. The van der Waals surface area contributed by atoms with Gasteiger partial charge < -0.3 is 5.32 Å². The van der Waals surface area contributed by atoms with Crippen molar-refractivity contribution < 1.29 is 0 Å². The van der Waals surface area contributed by atoms with Crippen molar-refractivity contribution in [1.82, 2.24) is 20.0 Å². The highest BCUT2D eigenvalue weighted by atomic mass is 35.5. The van der Waals surface area contributed by atoms with Gasteiger partial charge in [-0.3, -0.25) is 9.58 Å². The van der Waals surface area contributed by atoms with Gasteiger partial charge in [0, 0.05) is 38.3 Å². The SMILES string of the molecule is CCc1nn(CC)c(CN2CCNCC2(C)C2CC2)c1Cl. The summed E-state index contributed by atoms with van der Waals surface area (Å²) in [5.74, 6) is 0.840. The van der Waals surface area contributed by atoms with Gasteiger partial charge in [-0.2, -0.15) is 5.10 Å². The normalized spacial score (nSPS) is 27.2. The number of nitrogens with one attached hydrogen (secondary N) is 1. The molecule has 2 fully saturated rings. The Kier molecular flexibility index (Phi) is 4.30. The van der Waals surface area contributed by atoms with Crippen molar-refractivity contribution >= 4 is 11.6 Å². The fourth-order valence-electron chi connectivity index (χ4n) is 3.64. The minimum absolute atomic E-state index is 0.275. The van der Waals surface area contributed by atoms with Crippen molar-refractivity contribution in [2.24, 2.45) is 5.92 Å². The van der Waals surface area contributed by atoms with Crippen LogP contribution in [0.25, 0.3) is 0 Å². The van der Waals surface area contributed by atoms with Gasteiger partial charge in [-0.25, -0.2) is 0 Å². The van der Waals surface area contributed by atoms with E-state index in [1.165, 1.54) is 18.5 Å². The van der Waals surface area contributed by atoms with Crippen molar-refractivity contribution in [3.8, 4) is 0 Å². The minimum Gasteiger partial charge on any atom is -0.314 e. The maximum absolute atomic E-state index is 6.59. The van der Waals surface area contributed by atoms with Crippen LogP contribution < -0.4 is 5.32 Å². The number of hydrogen-bond donors (Lipinski definition) is 1. The van der Waals surface area contributed by atoms with Crippen LogP contribution in [0.2, 0.25) is 5.02 Å². The first-order chi connectivity index (χ1) is 10.1. The summed E-state index contributed by atoms with van der Waals surface area (Å²) in [5.41, 5.74) is 2.51. The van der Waals surface area contributed by atoms with E-state index >= 15 is 0 Å². The molecule has 1 aliphatic carbocycles. The van der Waals surface area contributed by atoms with Crippen LogP contribution in [0.4, 0.5) is 0 Å². The molecule has 1 unspecified atom stereocenters. The molecule has 5 heteroatoms. The molecule has 1 aromatic heterocycles. The standard InChI is InChI=1S/C16H27ClN4/c1-4-13-15(17)14(21(5-2)19-13)10-20-9-8-18-11-16(20,3)12-6-7-12/h12,18H,4-11H2,1-3H3. The Morgan fingerprint density at radius 1 is 1.38 bits per heavy atom. The van der Waals surface area contributed by atoms with Gasteiger partial charge in [0.15, 0.2) is 0 Å². The van der Waals surface area contributed by atoms with Gasteiger partial charge in [-0.1, -0.05) is 18.5 Å². The highest BCUT2D eigenvalue weighted by Gasteiger charge is 2.46. The average Bonchev–Trinajstić information content (AvgIpc) is 3.29. The summed E-state index contributed by atoms with van der Waals surface area (Å²) < 4.78 is 2.09. The van der Waals surface area contributed by atoms with Crippen molar-refractivity contribution in [1.29, 1.82) is 0 Å². The Hall–Kier alpha value is -0.580. The van der Waals surface area contributed by atoms with Crippen molar-refractivity contribution in [2.75, 3.05) is 19.6 Å². The predicted molar refractivity (Wildman–Crippen MR) is 86.7 cm³/mol. The van der Waals surface area contributed by atoms with Gasteiger partial charge in [-0.05, 0) is 39.0 Å². The van der Waals surface area contributed by atoms with Crippen LogP contribution >= 0.6 is 11.6 Å². The molecule has 1 saturated heterocycles. The molecule has 1 aromatic rings. The van der Waals surface area contributed by atoms with Crippen LogP contribution in [0.5, 0.6) is 0 Å². The maximum Gasteiger partial charge on any atom is 0.0863 e.